The minimum atomic E-state index is -0.123. The van der Waals surface area contributed by atoms with E-state index in [1.165, 1.54) is 5.56 Å². The molecule has 0 saturated heterocycles. The van der Waals surface area contributed by atoms with Crippen LogP contribution in [0.3, 0.4) is 0 Å². The molecule has 1 heterocycles. The van der Waals surface area contributed by atoms with Gasteiger partial charge in [0.25, 0.3) is 0 Å². The Morgan fingerprint density at radius 1 is 1.37 bits per heavy atom. The summed E-state index contributed by atoms with van der Waals surface area (Å²) in [5, 5.41) is 3.41. The predicted octanol–water partition coefficient (Wildman–Crippen LogP) is 2.39. The standard InChI is InChI=1S/C15H27N3O/c1-5-15(6-2,19-7-3)13(17-4)10-12-8-9-18-14(16)11-12/h8-9,11,13,17H,5-7,10H2,1-4H3,(H2,16,18). The van der Waals surface area contributed by atoms with E-state index in [0.717, 1.165) is 25.9 Å². The number of nitrogens with two attached hydrogens (primary N) is 1. The Bertz CT molecular complexity index is 377. The highest BCUT2D eigenvalue weighted by molar-refractivity contribution is 5.32. The summed E-state index contributed by atoms with van der Waals surface area (Å²) in [4.78, 5) is 4.04. The van der Waals surface area contributed by atoms with Gasteiger partial charge in [0, 0.05) is 18.8 Å². The molecule has 0 saturated carbocycles. The van der Waals surface area contributed by atoms with E-state index in [1.807, 2.05) is 19.2 Å². The fourth-order valence-corrected chi connectivity index (χ4v) is 2.74. The van der Waals surface area contributed by atoms with E-state index >= 15 is 0 Å². The van der Waals surface area contributed by atoms with Crippen LogP contribution in [0.4, 0.5) is 5.82 Å². The van der Waals surface area contributed by atoms with Crippen molar-refractivity contribution in [3.63, 3.8) is 0 Å². The second-order valence-electron chi connectivity index (χ2n) is 4.84. The average Bonchev–Trinajstić information content (AvgIpc) is 2.43. The fraction of sp³-hybridized carbons (Fsp3) is 0.667. The smallest absolute Gasteiger partial charge is 0.123 e. The third kappa shape index (κ3) is 3.91. The fourth-order valence-electron chi connectivity index (χ4n) is 2.74. The summed E-state index contributed by atoms with van der Waals surface area (Å²) in [7, 11) is 1.99. The summed E-state index contributed by atoms with van der Waals surface area (Å²) in [6.07, 6.45) is 4.63. The highest BCUT2D eigenvalue weighted by Gasteiger charge is 2.35. The number of anilines is 1. The molecule has 108 valence electrons. The van der Waals surface area contributed by atoms with Gasteiger partial charge in [0.1, 0.15) is 5.82 Å². The van der Waals surface area contributed by atoms with Crippen LogP contribution < -0.4 is 11.1 Å². The van der Waals surface area contributed by atoms with Crippen LogP contribution in [-0.4, -0.2) is 30.3 Å². The van der Waals surface area contributed by atoms with Gasteiger partial charge in [-0.3, -0.25) is 0 Å². The number of hydrogen-bond acceptors (Lipinski definition) is 4. The van der Waals surface area contributed by atoms with Crippen LogP contribution in [0, 0.1) is 0 Å². The topological polar surface area (TPSA) is 60.2 Å². The first kappa shape index (κ1) is 15.9. The molecule has 0 spiro atoms. The molecule has 1 atom stereocenters. The molecule has 0 amide bonds. The van der Waals surface area contributed by atoms with Gasteiger partial charge in [-0.1, -0.05) is 13.8 Å². The van der Waals surface area contributed by atoms with E-state index in [1.54, 1.807) is 6.20 Å². The van der Waals surface area contributed by atoms with E-state index in [2.05, 4.69) is 31.1 Å². The number of nitrogen functional groups attached to an aromatic ring is 1. The lowest BCUT2D eigenvalue weighted by Crippen LogP contribution is -2.52. The quantitative estimate of drug-likeness (QED) is 0.757. The van der Waals surface area contributed by atoms with E-state index in [9.17, 15) is 0 Å². The van der Waals surface area contributed by atoms with Crippen molar-refractivity contribution in [2.45, 2.75) is 51.7 Å². The van der Waals surface area contributed by atoms with Crippen LogP contribution in [0.25, 0.3) is 0 Å². The number of pyridine rings is 1. The van der Waals surface area contributed by atoms with Gasteiger partial charge in [-0.05, 0) is 50.9 Å². The lowest BCUT2D eigenvalue weighted by atomic mass is 9.84. The van der Waals surface area contributed by atoms with E-state index in [0.29, 0.717) is 5.82 Å². The number of hydrogen-bond donors (Lipinski definition) is 2. The first-order chi connectivity index (χ1) is 9.11. The molecule has 4 heteroatoms. The molecule has 0 aliphatic rings. The molecule has 1 aromatic rings. The second-order valence-corrected chi connectivity index (χ2v) is 4.84. The minimum absolute atomic E-state index is 0.123. The number of rotatable bonds is 8. The monoisotopic (exact) mass is 265 g/mol. The summed E-state index contributed by atoms with van der Waals surface area (Å²) in [5.41, 5.74) is 6.81. The molecular weight excluding hydrogens is 238 g/mol. The van der Waals surface area contributed by atoms with Gasteiger partial charge >= 0.3 is 0 Å². The van der Waals surface area contributed by atoms with Gasteiger partial charge in [-0.15, -0.1) is 0 Å². The molecule has 0 aromatic carbocycles. The van der Waals surface area contributed by atoms with Gasteiger partial charge in [-0.2, -0.15) is 0 Å². The van der Waals surface area contributed by atoms with E-state index < -0.39 is 0 Å². The second kappa shape index (κ2) is 7.46. The Hall–Kier alpha value is -1.13. The molecular formula is C15H27N3O. The van der Waals surface area contributed by atoms with Crippen molar-refractivity contribution >= 4 is 5.82 Å². The molecule has 3 N–H and O–H groups in total. The predicted molar refractivity (Wildman–Crippen MR) is 80.1 cm³/mol. The van der Waals surface area contributed by atoms with Gasteiger partial charge in [0.05, 0.1) is 5.60 Å². The Balaban J connectivity index is 2.91. The Morgan fingerprint density at radius 2 is 2.05 bits per heavy atom. The molecule has 1 rings (SSSR count). The lowest BCUT2D eigenvalue weighted by Gasteiger charge is -2.39. The molecule has 0 fully saturated rings. The number of aromatic nitrogens is 1. The molecule has 1 unspecified atom stereocenters. The van der Waals surface area contributed by atoms with Crippen molar-refractivity contribution < 1.29 is 4.74 Å². The van der Waals surface area contributed by atoms with Gasteiger partial charge < -0.3 is 15.8 Å². The number of likely N-dealkylation sites (N-methyl/N-ethyl adjacent to an activating group) is 1. The summed E-state index contributed by atoms with van der Waals surface area (Å²) in [5.74, 6) is 0.572. The van der Waals surface area contributed by atoms with E-state index in [4.69, 9.17) is 10.5 Å². The zero-order valence-corrected chi connectivity index (χ0v) is 12.6. The van der Waals surface area contributed by atoms with Gasteiger partial charge in [0.15, 0.2) is 0 Å². The van der Waals surface area contributed by atoms with Crippen molar-refractivity contribution in [1.29, 1.82) is 0 Å². The Kier molecular flexibility index (Phi) is 6.25. The summed E-state index contributed by atoms with van der Waals surface area (Å²) >= 11 is 0. The molecule has 0 bridgehead atoms. The van der Waals surface area contributed by atoms with Crippen molar-refractivity contribution in [1.82, 2.24) is 10.3 Å². The molecule has 0 aliphatic carbocycles. The van der Waals surface area contributed by atoms with Crippen LogP contribution in [-0.2, 0) is 11.2 Å². The molecule has 0 radical (unpaired) electrons. The molecule has 19 heavy (non-hydrogen) atoms. The van der Waals surface area contributed by atoms with Crippen LogP contribution >= 0.6 is 0 Å². The highest BCUT2D eigenvalue weighted by Crippen LogP contribution is 2.27. The maximum Gasteiger partial charge on any atom is 0.123 e. The van der Waals surface area contributed by atoms with Crippen molar-refractivity contribution in [3.05, 3.63) is 23.9 Å². The van der Waals surface area contributed by atoms with Crippen LogP contribution in [0.2, 0.25) is 0 Å². The number of nitrogens with one attached hydrogen (secondary N) is 1. The largest absolute Gasteiger partial charge is 0.384 e. The lowest BCUT2D eigenvalue weighted by molar-refractivity contribution is -0.0703. The number of nitrogens with zero attached hydrogens (tertiary/aromatic N) is 1. The first-order valence-corrected chi connectivity index (χ1v) is 7.13. The maximum atomic E-state index is 6.07. The third-order valence-corrected chi connectivity index (χ3v) is 3.90. The van der Waals surface area contributed by atoms with E-state index in [-0.39, 0.29) is 11.6 Å². The molecule has 4 nitrogen and oxygen atoms in total. The maximum absolute atomic E-state index is 6.07. The Morgan fingerprint density at radius 3 is 2.53 bits per heavy atom. The van der Waals surface area contributed by atoms with Crippen molar-refractivity contribution in [2.24, 2.45) is 0 Å². The highest BCUT2D eigenvalue weighted by atomic mass is 16.5. The third-order valence-electron chi connectivity index (χ3n) is 3.90. The normalized spacial score (nSPS) is 13.5. The molecule has 0 aliphatic heterocycles. The minimum Gasteiger partial charge on any atom is -0.384 e. The van der Waals surface area contributed by atoms with Crippen LogP contribution in [0.15, 0.2) is 18.3 Å². The Labute approximate surface area is 116 Å². The van der Waals surface area contributed by atoms with Crippen molar-refractivity contribution in [3.8, 4) is 0 Å². The van der Waals surface area contributed by atoms with Gasteiger partial charge in [-0.25, -0.2) is 4.98 Å². The zero-order chi connectivity index (χ0) is 14.3. The van der Waals surface area contributed by atoms with Crippen LogP contribution in [0.5, 0.6) is 0 Å². The summed E-state index contributed by atoms with van der Waals surface area (Å²) in [6.45, 7) is 7.16. The number of ether oxygens (including phenoxy) is 1. The first-order valence-electron chi connectivity index (χ1n) is 7.13. The zero-order valence-electron chi connectivity index (χ0n) is 12.6. The van der Waals surface area contributed by atoms with Crippen LogP contribution in [0.1, 0.15) is 39.2 Å². The van der Waals surface area contributed by atoms with Gasteiger partial charge in [0.2, 0.25) is 0 Å². The molecule has 1 aromatic heterocycles. The summed E-state index contributed by atoms with van der Waals surface area (Å²) < 4.78 is 6.07. The summed E-state index contributed by atoms with van der Waals surface area (Å²) in [6, 6.07) is 4.22. The van der Waals surface area contributed by atoms with Crippen molar-refractivity contribution in [2.75, 3.05) is 19.4 Å². The SMILES string of the molecule is CCOC(CC)(CC)C(Cc1ccnc(N)c1)NC. The average molecular weight is 265 g/mol.